The number of halogens is 2. The molecule has 1 amide bonds. The molecular weight excluding hydrogens is 368 g/mol. The molecule has 6 heteroatoms. The Morgan fingerprint density at radius 1 is 1.61 bits per heavy atom. The number of benzene rings is 1. The second kappa shape index (κ2) is 7.16. The van der Waals surface area contributed by atoms with Crippen molar-refractivity contribution < 1.29 is 14.6 Å². The lowest BCUT2D eigenvalue weighted by atomic mass is 10.2. The molecule has 1 N–H and O–H groups in total. The van der Waals surface area contributed by atoms with E-state index >= 15 is 0 Å². The van der Waals surface area contributed by atoms with Crippen LogP contribution >= 0.6 is 34.2 Å². The first-order chi connectivity index (χ1) is 8.45. The van der Waals surface area contributed by atoms with Gasteiger partial charge >= 0.3 is 0 Å². The highest BCUT2D eigenvalue weighted by Gasteiger charge is 2.18. The van der Waals surface area contributed by atoms with Crippen molar-refractivity contribution in [1.29, 1.82) is 0 Å². The van der Waals surface area contributed by atoms with Crippen LogP contribution in [0.1, 0.15) is 10.4 Å². The molecule has 1 rings (SSSR count). The van der Waals surface area contributed by atoms with Crippen molar-refractivity contribution in [3.8, 4) is 5.75 Å². The van der Waals surface area contributed by atoms with Crippen molar-refractivity contribution in [2.45, 2.75) is 5.38 Å². The summed E-state index contributed by atoms with van der Waals surface area (Å²) in [7, 11) is 3.20. The van der Waals surface area contributed by atoms with E-state index in [0.29, 0.717) is 13.2 Å². The van der Waals surface area contributed by atoms with Crippen LogP contribution in [-0.4, -0.2) is 48.6 Å². The van der Waals surface area contributed by atoms with Gasteiger partial charge < -0.3 is 14.7 Å². The molecular formula is C12H15ClINO3. The van der Waals surface area contributed by atoms with E-state index in [2.05, 4.69) is 22.6 Å². The van der Waals surface area contributed by atoms with Crippen molar-refractivity contribution in [2.24, 2.45) is 0 Å². The van der Waals surface area contributed by atoms with Crippen LogP contribution < -0.4 is 0 Å². The van der Waals surface area contributed by atoms with Gasteiger partial charge in [0.25, 0.3) is 5.91 Å². The summed E-state index contributed by atoms with van der Waals surface area (Å²) in [6, 6.07) is 4.90. The van der Waals surface area contributed by atoms with E-state index < -0.39 is 0 Å². The Balaban J connectivity index is 2.77. The zero-order valence-corrected chi connectivity index (χ0v) is 13.1. The second-order valence-corrected chi connectivity index (χ2v) is 5.76. The molecule has 0 fully saturated rings. The van der Waals surface area contributed by atoms with Crippen molar-refractivity contribution in [1.82, 2.24) is 4.90 Å². The first-order valence-corrected chi connectivity index (χ1v) is 6.84. The topological polar surface area (TPSA) is 49.8 Å². The number of ether oxygens (including phenoxy) is 1. The Hall–Kier alpha value is -0.530. The monoisotopic (exact) mass is 383 g/mol. The fraction of sp³-hybridized carbons (Fsp3) is 0.417. The van der Waals surface area contributed by atoms with Crippen LogP contribution in [0.2, 0.25) is 0 Å². The van der Waals surface area contributed by atoms with Crippen LogP contribution in [0.25, 0.3) is 0 Å². The van der Waals surface area contributed by atoms with Gasteiger partial charge in [-0.1, -0.05) is 0 Å². The maximum absolute atomic E-state index is 12.1. The van der Waals surface area contributed by atoms with E-state index in [0.717, 1.165) is 3.57 Å². The van der Waals surface area contributed by atoms with Crippen LogP contribution in [0.5, 0.6) is 5.75 Å². The van der Waals surface area contributed by atoms with Crippen LogP contribution in [0.4, 0.5) is 0 Å². The van der Waals surface area contributed by atoms with E-state index in [4.69, 9.17) is 16.3 Å². The van der Waals surface area contributed by atoms with Crippen molar-refractivity contribution in [3.63, 3.8) is 0 Å². The molecule has 0 aromatic heterocycles. The molecule has 0 heterocycles. The fourth-order valence-electron chi connectivity index (χ4n) is 1.50. The number of methoxy groups -OCH3 is 1. The quantitative estimate of drug-likeness (QED) is 0.627. The predicted molar refractivity (Wildman–Crippen MR) is 79.3 cm³/mol. The average molecular weight is 384 g/mol. The molecule has 4 nitrogen and oxygen atoms in total. The second-order valence-electron chi connectivity index (χ2n) is 3.90. The summed E-state index contributed by atoms with van der Waals surface area (Å²) in [6.45, 7) is 0.733. The maximum atomic E-state index is 12.1. The SMILES string of the molecule is COCC(Cl)CN(C)C(=O)c1cc(I)ccc1O. The number of rotatable bonds is 5. The van der Waals surface area contributed by atoms with Gasteiger partial charge in [0.15, 0.2) is 0 Å². The number of nitrogens with zero attached hydrogens (tertiary/aromatic N) is 1. The first-order valence-electron chi connectivity index (χ1n) is 5.32. The molecule has 1 atom stereocenters. The van der Waals surface area contributed by atoms with Gasteiger partial charge in [-0.05, 0) is 40.8 Å². The lowest BCUT2D eigenvalue weighted by Gasteiger charge is -2.20. The van der Waals surface area contributed by atoms with Gasteiger partial charge in [-0.2, -0.15) is 0 Å². The number of hydrogen-bond acceptors (Lipinski definition) is 3. The summed E-state index contributed by atoms with van der Waals surface area (Å²) in [5.41, 5.74) is 0.283. The third-order valence-electron chi connectivity index (χ3n) is 2.36. The minimum Gasteiger partial charge on any atom is -0.507 e. The van der Waals surface area contributed by atoms with Crippen molar-refractivity contribution in [3.05, 3.63) is 27.3 Å². The predicted octanol–water partition coefficient (Wildman–Crippen LogP) is 2.32. The standard InChI is InChI=1S/C12H15ClINO3/c1-15(6-8(13)7-18-2)12(17)10-5-9(14)3-4-11(10)16/h3-5,8,16H,6-7H2,1-2H3. The summed E-state index contributed by atoms with van der Waals surface area (Å²) >= 11 is 8.09. The van der Waals surface area contributed by atoms with Gasteiger partial charge in [-0.15, -0.1) is 11.6 Å². The Morgan fingerprint density at radius 2 is 2.28 bits per heavy atom. The minimum absolute atomic E-state index is 0.0230. The van der Waals surface area contributed by atoms with E-state index in [1.54, 1.807) is 26.3 Å². The number of phenols is 1. The number of carbonyl (C=O) groups is 1. The van der Waals surface area contributed by atoms with Crippen LogP contribution in [0, 0.1) is 3.57 Å². The molecule has 0 aliphatic carbocycles. The molecule has 0 saturated carbocycles. The Morgan fingerprint density at radius 3 is 2.89 bits per heavy atom. The average Bonchev–Trinajstić information content (AvgIpc) is 2.31. The highest BCUT2D eigenvalue weighted by atomic mass is 127. The minimum atomic E-state index is -0.270. The summed E-state index contributed by atoms with van der Waals surface area (Å²) in [4.78, 5) is 13.6. The highest BCUT2D eigenvalue weighted by molar-refractivity contribution is 14.1. The highest BCUT2D eigenvalue weighted by Crippen LogP contribution is 2.21. The third-order valence-corrected chi connectivity index (χ3v) is 3.29. The Kier molecular flexibility index (Phi) is 6.17. The van der Waals surface area contributed by atoms with E-state index in [9.17, 15) is 9.90 Å². The first kappa shape index (κ1) is 15.5. The molecule has 0 bridgehead atoms. The molecule has 0 aliphatic rings. The van der Waals surface area contributed by atoms with Crippen LogP contribution in [0.15, 0.2) is 18.2 Å². The van der Waals surface area contributed by atoms with Gasteiger partial charge in [0.05, 0.1) is 17.5 Å². The summed E-state index contributed by atoms with van der Waals surface area (Å²) in [5, 5.41) is 9.41. The van der Waals surface area contributed by atoms with Gasteiger partial charge in [0.1, 0.15) is 5.75 Å². The van der Waals surface area contributed by atoms with Crippen molar-refractivity contribution in [2.75, 3.05) is 27.3 Å². The molecule has 1 aromatic carbocycles. The molecule has 0 saturated heterocycles. The number of alkyl halides is 1. The molecule has 0 radical (unpaired) electrons. The molecule has 18 heavy (non-hydrogen) atoms. The third kappa shape index (κ3) is 4.29. The zero-order chi connectivity index (χ0) is 13.7. The maximum Gasteiger partial charge on any atom is 0.257 e. The van der Waals surface area contributed by atoms with E-state index in [1.165, 1.54) is 11.0 Å². The number of aromatic hydroxyl groups is 1. The zero-order valence-electron chi connectivity index (χ0n) is 10.2. The summed E-state index contributed by atoms with van der Waals surface area (Å²) in [5.74, 6) is -0.280. The smallest absolute Gasteiger partial charge is 0.257 e. The van der Waals surface area contributed by atoms with Gasteiger partial charge in [-0.3, -0.25) is 4.79 Å². The number of hydrogen-bond donors (Lipinski definition) is 1. The summed E-state index contributed by atoms with van der Waals surface area (Å²) < 4.78 is 5.80. The largest absolute Gasteiger partial charge is 0.507 e. The summed E-state index contributed by atoms with van der Waals surface area (Å²) in [6.07, 6.45) is 0. The van der Waals surface area contributed by atoms with Gasteiger partial charge in [-0.25, -0.2) is 0 Å². The number of amides is 1. The lowest BCUT2D eigenvalue weighted by molar-refractivity contribution is 0.0778. The van der Waals surface area contributed by atoms with E-state index in [1.807, 2.05) is 0 Å². The van der Waals surface area contributed by atoms with Crippen LogP contribution in [0.3, 0.4) is 0 Å². The molecule has 0 spiro atoms. The molecule has 100 valence electrons. The van der Waals surface area contributed by atoms with Crippen LogP contribution in [-0.2, 0) is 4.74 Å². The Labute approximate surface area is 125 Å². The molecule has 0 aliphatic heterocycles. The molecule has 1 unspecified atom stereocenters. The van der Waals surface area contributed by atoms with Gasteiger partial charge in [0.2, 0.25) is 0 Å². The normalized spacial score (nSPS) is 12.2. The Bertz CT molecular complexity index is 428. The van der Waals surface area contributed by atoms with E-state index in [-0.39, 0.29) is 22.6 Å². The number of carbonyl (C=O) groups excluding carboxylic acids is 1. The fourth-order valence-corrected chi connectivity index (χ4v) is 2.32. The van der Waals surface area contributed by atoms with Crippen molar-refractivity contribution >= 4 is 40.1 Å². The molecule has 1 aromatic rings. The number of phenolic OH excluding ortho intramolecular Hbond substituents is 1. The van der Waals surface area contributed by atoms with Gasteiger partial charge in [0, 0.05) is 24.3 Å². The lowest BCUT2D eigenvalue weighted by Crippen LogP contribution is -2.34.